The Labute approximate surface area is 204 Å². The van der Waals surface area contributed by atoms with Crippen molar-refractivity contribution in [2.24, 2.45) is 5.92 Å². The van der Waals surface area contributed by atoms with Gasteiger partial charge in [0.25, 0.3) is 0 Å². The Bertz CT molecular complexity index is 1220. The van der Waals surface area contributed by atoms with E-state index in [1.165, 1.54) is 12.3 Å². The molecular formula is C26H25ClN4O3. The Kier molecular flexibility index (Phi) is 8.49. The van der Waals surface area contributed by atoms with E-state index in [4.69, 9.17) is 26.3 Å². The van der Waals surface area contributed by atoms with Gasteiger partial charge >= 0.3 is 0 Å². The first-order valence-electron chi connectivity index (χ1n) is 10.6. The van der Waals surface area contributed by atoms with Gasteiger partial charge in [0.1, 0.15) is 11.9 Å². The van der Waals surface area contributed by atoms with Gasteiger partial charge in [-0.15, -0.1) is 0 Å². The molecule has 0 bridgehead atoms. The van der Waals surface area contributed by atoms with Crippen molar-refractivity contribution < 1.29 is 14.3 Å². The highest BCUT2D eigenvalue weighted by atomic mass is 35.5. The summed E-state index contributed by atoms with van der Waals surface area (Å²) in [6.45, 7) is 4.64. The molecule has 0 fully saturated rings. The Hall–Kier alpha value is -4.02. The fourth-order valence-corrected chi connectivity index (χ4v) is 3.14. The van der Waals surface area contributed by atoms with Crippen LogP contribution in [0.3, 0.4) is 0 Å². The zero-order chi connectivity index (χ0) is 24.5. The van der Waals surface area contributed by atoms with Gasteiger partial charge in [-0.25, -0.2) is 4.98 Å². The van der Waals surface area contributed by atoms with Crippen LogP contribution in [0, 0.1) is 17.2 Å². The standard InChI is InChI=1S/C26H25ClN4O3/c1-17(2)16-34-26-19(5-4-6-23(26)33-3)8-12-25(32)31-21-10-9-20(27)13-22(21)30-24-11-7-18(14-28)15-29-24/h4-13,15,17H,16H2,1-3H3,(H,29,30)(H,31,32). The van der Waals surface area contributed by atoms with Gasteiger partial charge < -0.3 is 20.1 Å². The first kappa shape index (κ1) is 24.6. The molecule has 8 heteroatoms. The first-order valence-corrected chi connectivity index (χ1v) is 11.0. The van der Waals surface area contributed by atoms with Crippen molar-refractivity contribution in [3.63, 3.8) is 0 Å². The van der Waals surface area contributed by atoms with Crippen LogP contribution in [0.5, 0.6) is 11.5 Å². The molecule has 3 aromatic rings. The number of hydrogen-bond acceptors (Lipinski definition) is 6. The van der Waals surface area contributed by atoms with Crippen molar-refractivity contribution in [2.45, 2.75) is 13.8 Å². The lowest BCUT2D eigenvalue weighted by Crippen LogP contribution is -2.10. The van der Waals surface area contributed by atoms with Gasteiger partial charge in [0.15, 0.2) is 11.5 Å². The van der Waals surface area contributed by atoms with Crippen LogP contribution < -0.4 is 20.1 Å². The van der Waals surface area contributed by atoms with Gasteiger partial charge in [-0.2, -0.15) is 5.26 Å². The quantitative estimate of drug-likeness (QED) is 0.365. The Morgan fingerprint density at radius 1 is 1.21 bits per heavy atom. The predicted octanol–water partition coefficient (Wildman–Crippen LogP) is 6.05. The largest absolute Gasteiger partial charge is 0.493 e. The minimum absolute atomic E-state index is 0.337. The number of halogens is 1. The summed E-state index contributed by atoms with van der Waals surface area (Å²) in [4.78, 5) is 16.9. The number of nitriles is 1. The topological polar surface area (TPSA) is 96.3 Å². The zero-order valence-corrected chi connectivity index (χ0v) is 19.9. The molecule has 2 aromatic carbocycles. The lowest BCUT2D eigenvalue weighted by molar-refractivity contribution is -0.111. The van der Waals surface area contributed by atoms with Crippen LogP contribution in [-0.2, 0) is 4.79 Å². The highest BCUT2D eigenvalue weighted by Gasteiger charge is 2.11. The van der Waals surface area contributed by atoms with Crippen LogP contribution in [0.15, 0.2) is 60.8 Å². The summed E-state index contributed by atoms with van der Waals surface area (Å²) >= 11 is 6.15. The van der Waals surface area contributed by atoms with E-state index in [0.717, 1.165) is 5.56 Å². The summed E-state index contributed by atoms with van der Waals surface area (Å²) in [6, 6.07) is 15.9. The lowest BCUT2D eigenvalue weighted by atomic mass is 10.1. The van der Waals surface area contributed by atoms with E-state index in [-0.39, 0.29) is 5.91 Å². The fraction of sp³-hybridized carbons (Fsp3) is 0.192. The third-order valence-corrected chi connectivity index (χ3v) is 4.83. The number of carbonyl (C=O) groups excluding carboxylic acids is 1. The molecule has 0 atom stereocenters. The molecule has 0 aliphatic carbocycles. The van der Waals surface area contributed by atoms with Crippen LogP contribution in [0.4, 0.5) is 17.2 Å². The maximum Gasteiger partial charge on any atom is 0.248 e. The Morgan fingerprint density at radius 2 is 2.03 bits per heavy atom. The second-order valence-corrected chi connectivity index (χ2v) is 8.20. The molecule has 1 amide bonds. The molecule has 1 heterocycles. The molecule has 0 saturated heterocycles. The number of anilines is 3. The summed E-state index contributed by atoms with van der Waals surface area (Å²) < 4.78 is 11.3. The molecule has 0 saturated carbocycles. The van der Waals surface area contributed by atoms with Gasteiger partial charge in [-0.05, 0) is 48.4 Å². The number of para-hydroxylation sites is 1. The molecule has 0 aliphatic heterocycles. The molecule has 174 valence electrons. The van der Waals surface area contributed by atoms with Gasteiger partial charge in [-0.1, -0.05) is 37.6 Å². The number of hydrogen-bond donors (Lipinski definition) is 2. The van der Waals surface area contributed by atoms with Crippen LogP contribution in [0.1, 0.15) is 25.0 Å². The normalized spacial score (nSPS) is 10.7. The van der Waals surface area contributed by atoms with E-state index in [0.29, 0.717) is 51.8 Å². The highest BCUT2D eigenvalue weighted by Crippen LogP contribution is 2.33. The summed E-state index contributed by atoms with van der Waals surface area (Å²) in [7, 11) is 1.58. The molecule has 0 spiro atoms. The monoisotopic (exact) mass is 476 g/mol. The maximum absolute atomic E-state index is 12.7. The maximum atomic E-state index is 12.7. The van der Waals surface area contributed by atoms with E-state index in [2.05, 4.69) is 29.5 Å². The van der Waals surface area contributed by atoms with Crippen molar-refractivity contribution in [3.8, 4) is 17.6 Å². The molecule has 1 aromatic heterocycles. The molecule has 0 unspecified atom stereocenters. The van der Waals surface area contributed by atoms with Crippen LogP contribution in [0.2, 0.25) is 5.02 Å². The SMILES string of the molecule is COc1cccc(C=CC(=O)Nc2ccc(Cl)cc2Nc2ccc(C#N)cn2)c1OCC(C)C. The van der Waals surface area contributed by atoms with Gasteiger partial charge in [0.05, 0.1) is 30.7 Å². The van der Waals surface area contributed by atoms with Crippen molar-refractivity contribution in [3.05, 3.63) is 77.0 Å². The average Bonchev–Trinajstić information content (AvgIpc) is 2.83. The number of nitrogens with zero attached hydrogens (tertiary/aromatic N) is 2. The predicted molar refractivity (Wildman–Crippen MR) is 135 cm³/mol. The third-order valence-electron chi connectivity index (χ3n) is 4.60. The highest BCUT2D eigenvalue weighted by molar-refractivity contribution is 6.31. The van der Waals surface area contributed by atoms with Crippen molar-refractivity contribution >= 4 is 40.8 Å². The summed E-state index contributed by atoms with van der Waals surface area (Å²) in [6.07, 6.45) is 4.56. The molecule has 34 heavy (non-hydrogen) atoms. The number of ether oxygens (including phenoxy) is 2. The third kappa shape index (κ3) is 6.74. The number of pyridine rings is 1. The number of amides is 1. The molecule has 7 nitrogen and oxygen atoms in total. The van der Waals surface area contributed by atoms with E-state index in [9.17, 15) is 4.79 Å². The van der Waals surface area contributed by atoms with Gasteiger partial charge in [0.2, 0.25) is 5.91 Å². The Balaban J connectivity index is 1.78. The molecule has 2 N–H and O–H groups in total. The van der Waals surface area contributed by atoms with Crippen LogP contribution in [0.25, 0.3) is 6.08 Å². The number of aromatic nitrogens is 1. The summed E-state index contributed by atoms with van der Waals surface area (Å²) in [5.41, 5.74) is 2.26. The van der Waals surface area contributed by atoms with Crippen molar-refractivity contribution in [2.75, 3.05) is 24.4 Å². The van der Waals surface area contributed by atoms with Crippen molar-refractivity contribution in [1.29, 1.82) is 5.26 Å². The fourth-order valence-electron chi connectivity index (χ4n) is 2.97. The summed E-state index contributed by atoms with van der Waals surface area (Å²) in [5.74, 6) is 1.70. The number of benzene rings is 2. The minimum Gasteiger partial charge on any atom is -0.493 e. The first-order chi connectivity index (χ1) is 16.4. The molecular weight excluding hydrogens is 452 g/mol. The average molecular weight is 477 g/mol. The second-order valence-electron chi connectivity index (χ2n) is 7.76. The number of carbonyl (C=O) groups is 1. The van der Waals surface area contributed by atoms with Crippen LogP contribution in [-0.4, -0.2) is 24.6 Å². The van der Waals surface area contributed by atoms with Crippen LogP contribution >= 0.6 is 11.6 Å². The van der Waals surface area contributed by atoms with E-state index in [1.807, 2.05) is 24.3 Å². The number of nitrogens with one attached hydrogen (secondary N) is 2. The van der Waals surface area contributed by atoms with E-state index in [1.54, 1.807) is 43.5 Å². The lowest BCUT2D eigenvalue weighted by Gasteiger charge is -2.15. The number of rotatable bonds is 9. The minimum atomic E-state index is -0.337. The Morgan fingerprint density at radius 3 is 2.71 bits per heavy atom. The van der Waals surface area contributed by atoms with Crippen molar-refractivity contribution in [1.82, 2.24) is 4.98 Å². The van der Waals surface area contributed by atoms with Gasteiger partial charge in [0, 0.05) is 22.9 Å². The zero-order valence-electron chi connectivity index (χ0n) is 19.1. The molecule has 0 radical (unpaired) electrons. The van der Waals surface area contributed by atoms with Gasteiger partial charge in [-0.3, -0.25) is 4.79 Å². The second kappa shape index (κ2) is 11.7. The molecule has 3 rings (SSSR count). The summed E-state index contributed by atoms with van der Waals surface area (Å²) in [5, 5.41) is 15.4. The smallest absolute Gasteiger partial charge is 0.248 e. The van der Waals surface area contributed by atoms with E-state index < -0.39 is 0 Å². The molecule has 0 aliphatic rings. The van der Waals surface area contributed by atoms with E-state index >= 15 is 0 Å². The number of methoxy groups -OCH3 is 1.